The lowest BCUT2D eigenvalue weighted by Gasteiger charge is -2.14. The third-order valence-electron chi connectivity index (χ3n) is 3.86. The van der Waals surface area contributed by atoms with Crippen LogP contribution in [0, 0.1) is 20.8 Å². The molecule has 1 fully saturated rings. The van der Waals surface area contributed by atoms with Crippen LogP contribution < -0.4 is 4.74 Å². The van der Waals surface area contributed by atoms with E-state index in [0.717, 1.165) is 29.0 Å². The van der Waals surface area contributed by atoms with Crippen molar-refractivity contribution in [3.8, 4) is 5.75 Å². The van der Waals surface area contributed by atoms with E-state index in [2.05, 4.69) is 0 Å². The van der Waals surface area contributed by atoms with Gasteiger partial charge in [-0.2, -0.15) is 0 Å². The van der Waals surface area contributed by atoms with Crippen LogP contribution in [0.3, 0.4) is 0 Å². The fourth-order valence-electron chi connectivity index (χ4n) is 2.55. The first-order chi connectivity index (χ1) is 10.9. The highest BCUT2D eigenvalue weighted by atomic mass is 32.2. The molecule has 0 bridgehead atoms. The summed E-state index contributed by atoms with van der Waals surface area (Å²) in [5.41, 5.74) is 2.55. The van der Waals surface area contributed by atoms with Gasteiger partial charge in [0.1, 0.15) is 18.5 Å². The second-order valence-electron chi connectivity index (χ2n) is 5.97. The van der Waals surface area contributed by atoms with E-state index >= 15 is 0 Å². The molecule has 0 aliphatic carbocycles. The van der Waals surface area contributed by atoms with Crippen LogP contribution in [0.2, 0.25) is 0 Å². The zero-order valence-electron chi connectivity index (χ0n) is 13.5. The van der Waals surface area contributed by atoms with E-state index in [1.807, 2.05) is 26.8 Å². The van der Waals surface area contributed by atoms with E-state index in [4.69, 9.17) is 9.47 Å². The fourth-order valence-corrected chi connectivity index (χ4v) is 4.09. The number of epoxide rings is 1. The van der Waals surface area contributed by atoms with Crippen molar-refractivity contribution in [2.75, 3.05) is 13.2 Å². The van der Waals surface area contributed by atoms with Gasteiger partial charge in [0, 0.05) is 0 Å². The molecule has 0 radical (unpaired) electrons. The Morgan fingerprint density at radius 2 is 1.74 bits per heavy atom. The van der Waals surface area contributed by atoms with Gasteiger partial charge in [0.05, 0.1) is 16.4 Å². The van der Waals surface area contributed by atoms with Gasteiger partial charge < -0.3 is 9.47 Å². The maximum atomic E-state index is 12.8. The molecule has 4 nitrogen and oxygen atoms in total. The van der Waals surface area contributed by atoms with Crippen LogP contribution >= 0.6 is 0 Å². The average molecular weight is 332 g/mol. The fraction of sp³-hybridized carbons (Fsp3) is 0.333. The first kappa shape index (κ1) is 16.0. The maximum Gasteiger partial charge on any atom is 0.206 e. The second kappa shape index (κ2) is 5.98. The normalized spacial score (nSPS) is 17.1. The summed E-state index contributed by atoms with van der Waals surface area (Å²) in [6.45, 7) is 6.85. The molecule has 0 amide bonds. The molecule has 0 spiro atoms. The highest BCUT2D eigenvalue weighted by molar-refractivity contribution is 7.91. The van der Waals surface area contributed by atoms with Crippen LogP contribution in [0.25, 0.3) is 0 Å². The van der Waals surface area contributed by atoms with Crippen LogP contribution in [0.4, 0.5) is 0 Å². The van der Waals surface area contributed by atoms with Gasteiger partial charge in [-0.1, -0.05) is 12.1 Å². The van der Waals surface area contributed by atoms with Crippen molar-refractivity contribution < 1.29 is 17.9 Å². The summed E-state index contributed by atoms with van der Waals surface area (Å²) in [6.07, 6.45) is 0.171. The van der Waals surface area contributed by atoms with Crippen LogP contribution in [-0.4, -0.2) is 27.7 Å². The molecule has 1 unspecified atom stereocenters. The van der Waals surface area contributed by atoms with E-state index in [1.54, 1.807) is 30.3 Å². The van der Waals surface area contributed by atoms with E-state index in [-0.39, 0.29) is 6.10 Å². The topological polar surface area (TPSA) is 55.9 Å². The smallest absolute Gasteiger partial charge is 0.206 e. The van der Waals surface area contributed by atoms with E-state index in [9.17, 15) is 8.42 Å². The number of hydrogen-bond acceptors (Lipinski definition) is 4. The largest absolute Gasteiger partial charge is 0.490 e. The summed E-state index contributed by atoms with van der Waals surface area (Å²) in [4.78, 5) is 0.615. The first-order valence-corrected chi connectivity index (χ1v) is 9.03. The SMILES string of the molecule is Cc1cccc(S(=O)(=O)c2cc(C)c(OCC3CO3)c(C)c2)c1. The van der Waals surface area contributed by atoms with Gasteiger partial charge in [0.25, 0.3) is 0 Å². The van der Waals surface area contributed by atoms with Crippen molar-refractivity contribution in [3.05, 3.63) is 53.1 Å². The van der Waals surface area contributed by atoms with Crippen molar-refractivity contribution in [3.63, 3.8) is 0 Å². The van der Waals surface area contributed by atoms with Gasteiger partial charge >= 0.3 is 0 Å². The third kappa shape index (κ3) is 3.41. The minimum Gasteiger partial charge on any atom is -0.490 e. The lowest BCUT2D eigenvalue weighted by molar-refractivity contribution is 0.260. The van der Waals surface area contributed by atoms with E-state index in [0.29, 0.717) is 16.4 Å². The van der Waals surface area contributed by atoms with Crippen LogP contribution in [-0.2, 0) is 14.6 Å². The van der Waals surface area contributed by atoms with E-state index in [1.165, 1.54) is 0 Å². The van der Waals surface area contributed by atoms with Gasteiger partial charge in [-0.15, -0.1) is 0 Å². The molecule has 1 saturated heterocycles. The maximum absolute atomic E-state index is 12.8. The molecule has 0 saturated carbocycles. The number of aryl methyl sites for hydroxylation is 3. The molecule has 1 heterocycles. The predicted molar refractivity (Wildman–Crippen MR) is 87.8 cm³/mol. The summed E-state index contributed by atoms with van der Waals surface area (Å²) in [6, 6.07) is 10.3. The number of ether oxygens (including phenoxy) is 2. The van der Waals surface area contributed by atoms with Gasteiger partial charge in [-0.05, 0) is 61.7 Å². The quantitative estimate of drug-likeness (QED) is 0.789. The van der Waals surface area contributed by atoms with E-state index < -0.39 is 9.84 Å². The van der Waals surface area contributed by atoms with Crippen LogP contribution in [0.1, 0.15) is 16.7 Å². The molecule has 0 aromatic heterocycles. The Morgan fingerprint density at radius 1 is 1.09 bits per heavy atom. The number of rotatable bonds is 5. The summed E-state index contributed by atoms with van der Waals surface area (Å²) in [5, 5.41) is 0. The molecule has 122 valence electrons. The average Bonchev–Trinajstić information content (AvgIpc) is 3.30. The summed E-state index contributed by atoms with van der Waals surface area (Å²) >= 11 is 0. The molecular formula is C18H20O4S. The standard InChI is InChI=1S/C18H20O4S/c1-12-5-4-6-16(7-12)23(19,20)17-8-13(2)18(14(3)9-17)22-11-15-10-21-15/h4-9,15H,10-11H2,1-3H3. The second-order valence-corrected chi connectivity index (χ2v) is 7.92. The zero-order chi connectivity index (χ0) is 16.6. The van der Waals surface area contributed by atoms with Gasteiger partial charge in [-0.3, -0.25) is 0 Å². The van der Waals surface area contributed by atoms with Crippen molar-refractivity contribution in [2.24, 2.45) is 0 Å². The molecule has 0 N–H and O–H groups in total. The Hall–Kier alpha value is -1.85. The van der Waals surface area contributed by atoms with Crippen molar-refractivity contribution in [1.82, 2.24) is 0 Å². The van der Waals surface area contributed by atoms with Gasteiger partial charge in [-0.25, -0.2) is 8.42 Å². The van der Waals surface area contributed by atoms with Gasteiger partial charge in [0.15, 0.2) is 0 Å². The predicted octanol–water partition coefficient (Wildman–Crippen LogP) is 3.22. The Bertz CT molecular complexity index is 813. The minimum atomic E-state index is -3.52. The molecule has 23 heavy (non-hydrogen) atoms. The van der Waals surface area contributed by atoms with Gasteiger partial charge in [0.2, 0.25) is 9.84 Å². The molecule has 5 heteroatoms. The Morgan fingerprint density at radius 3 is 2.30 bits per heavy atom. The number of sulfone groups is 1. The Balaban J connectivity index is 1.96. The Kier molecular flexibility index (Phi) is 4.17. The van der Waals surface area contributed by atoms with Crippen molar-refractivity contribution >= 4 is 9.84 Å². The lowest BCUT2D eigenvalue weighted by Crippen LogP contribution is -2.08. The summed E-state index contributed by atoms with van der Waals surface area (Å²) < 4.78 is 36.5. The lowest BCUT2D eigenvalue weighted by atomic mass is 10.1. The first-order valence-electron chi connectivity index (χ1n) is 7.55. The number of hydrogen-bond donors (Lipinski definition) is 0. The molecule has 2 aromatic carbocycles. The highest BCUT2D eigenvalue weighted by Gasteiger charge is 2.25. The molecule has 3 rings (SSSR count). The third-order valence-corrected chi connectivity index (χ3v) is 5.59. The molecule has 2 aromatic rings. The van der Waals surface area contributed by atoms with Crippen LogP contribution in [0.5, 0.6) is 5.75 Å². The molecule has 1 aliphatic rings. The monoisotopic (exact) mass is 332 g/mol. The number of benzene rings is 2. The summed E-state index contributed by atoms with van der Waals surface area (Å²) in [5.74, 6) is 0.740. The van der Waals surface area contributed by atoms with Crippen molar-refractivity contribution in [2.45, 2.75) is 36.7 Å². The minimum absolute atomic E-state index is 0.171. The Labute approximate surface area is 137 Å². The zero-order valence-corrected chi connectivity index (χ0v) is 14.3. The summed E-state index contributed by atoms with van der Waals surface area (Å²) in [7, 11) is -3.52. The highest BCUT2D eigenvalue weighted by Crippen LogP contribution is 2.30. The molecule has 1 atom stereocenters. The molecular weight excluding hydrogens is 312 g/mol. The molecule has 1 aliphatic heterocycles. The van der Waals surface area contributed by atoms with Crippen molar-refractivity contribution in [1.29, 1.82) is 0 Å². The van der Waals surface area contributed by atoms with Crippen LogP contribution in [0.15, 0.2) is 46.2 Å².